The summed E-state index contributed by atoms with van der Waals surface area (Å²) in [6.45, 7) is 11.4. The Morgan fingerprint density at radius 2 is 1.76 bits per heavy atom. The van der Waals surface area contributed by atoms with Gasteiger partial charge in [-0.15, -0.1) is 0 Å². The van der Waals surface area contributed by atoms with Gasteiger partial charge < -0.3 is 30.3 Å². The van der Waals surface area contributed by atoms with Gasteiger partial charge in [-0.1, -0.05) is 41.5 Å². The lowest BCUT2D eigenvalue weighted by Gasteiger charge is -2.29. The van der Waals surface area contributed by atoms with Crippen LogP contribution in [0.15, 0.2) is 53.6 Å². The van der Waals surface area contributed by atoms with Crippen LogP contribution in [-0.4, -0.2) is 37.4 Å². The molecule has 0 aliphatic carbocycles. The third-order valence-corrected chi connectivity index (χ3v) is 6.62. The van der Waals surface area contributed by atoms with Crippen LogP contribution in [-0.2, 0) is 12.8 Å². The van der Waals surface area contributed by atoms with E-state index >= 15 is 0 Å². The Hall–Kier alpha value is -3.71. The molecule has 1 aliphatic heterocycles. The summed E-state index contributed by atoms with van der Waals surface area (Å²) in [5.74, 6) is -1.68. The van der Waals surface area contributed by atoms with Gasteiger partial charge >= 0.3 is 0 Å². The van der Waals surface area contributed by atoms with Gasteiger partial charge in [-0.05, 0) is 53.0 Å². The van der Waals surface area contributed by atoms with Gasteiger partial charge in [0.2, 0.25) is 0 Å². The van der Waals surface area contributed by atoms with Crippen molar-refractivity contribution < 1.29 is 35.1 Å². The van der Waals surface area contributed by atoms with Crippen LogP contribution in [0.1, 0.15) is 80.1 Å². The van der Waals surface area contributed by atoms with Gasteiger partial charge in [-0.3, -0.25) is 4.79 Å². The van der Waals surface area contributed by atoms with Gasteiger partial charge in [-0.25, -0.2) is 0 Å². The molecular weight excluding hydrogens is 472 g/mol. The Bertz CT molecular complexity index is 1270. The number of aliphatic hydroxyl groups excluding tert-OH is 1. The molecule has 0 fully saturated rings. The molecule has 5 N–H and O–H groups in total. The minimum atomic E-state index is -0.997. The van der Waals surface area contributed by atoms with E-state index in [1.54, 1.807) is 13.0 Å². The van der Waals surface area contributed by atoms with Crippen molar-refractivity contribution in [3.05, 3.63) is 75.9 Å². The first-order chi connectivity index (χ1) is 17.4. The average Bonchev–Trinajstić information content (AvgIpc) is 2.81. The summed E-state index contributed by atoms with van der Waals surface area (Å²) < 4.78 is 6.05. The van der Waals surface area contributed by atoms with E-state index in [-0.39, 0.29) is 47.0 Å². The number of rotatable bonds is 9. The predicted octanol–water partition coefficient (Wildman–Crippen LogP) is 5.93. The first-order valence-electron chi connectivity index (χ1n) is 12.3. The van der Waals surface area contributed by atoms with Gasteiger partial charge in [0.15, 0.2) is 17.3 Å². The molecule has 7 nitrogen and oxygen atoms in total. The lowest BCUT2D eigenvalue weighted by atomic mass is 9.89. The lowest BCUT2D eigenvalue weighted by Crippen LogP contribution is -2.22. The van der Waals surface area contributed by atoms with Crippen molar-refractivity contribution in [2.75, 3.05) is 0 Å². The number of hydrogen-bond donors (Lipinski definition) is 5. The standard InChI is InChI=1S/C30H36O7/c1-16(2)7-6-8-18(5)9-10-20-19(11-12-22(31)29(20)35)26-15-25(34)28-27(37-26)14-24(33)21(30(28)36)13-23(32)17(3)4/h7,9,11-12,14,23,26,31-33,35-36H,3,6,8,10,13,15H2,1-2,4-5H3. The van der Waals surface area contributed by atoms with Gasteiger partial charge in [0.25, 0.3) is 0 Å². The number of ether oxygens (including phenoxy) is 1. The van der Waals surface area contributed by atoms with Crippen LogP contribution in [0.5, 0.6) is 28.7 Å². The van der Waals surface area contributed by atoms with E-state index in [0.717, 1.165) is 18.4 Å². The monoisotopic (exact) mass is 508 g/mol. The second-order valence-corrected chi connectivity index (χ2v) is 9.97. The van der Waals surface area contributed by atoms with E-state index in [4.69, 9.17) is 4.74 Å². The zero-order valence-electron chi connectivity index (χ0n) is 21.8. The van der Waals surface area contributed by atoms with Crippen molar-refractivity contribution in [3.63, 3.8) is 0 Å². The van der Waals surface area contributed by atoms with Crippen LogP contribution < -0.4 is 4.74 Å². The fraction of sp³-hybridized carbons (Fsp3) is 0.367. The maximum atomic E-state index is 13.1. The highest BCUT2D eigenvalue weighted by atomic mass is 16.5. The van der Waals surface area contributed by atoms with E-state index < -0.39 is 23.7 Å². The SMILES string of the molecule is C=C(C)C(O)Cc1c(O)cc2c(c1O)C(=O)CC(c1ccc(O)c(O)c1CC=C(C)CCC=C(C)C)O2. The highest BCUT2D eigenvalue weighted by Gasteiger charge is 2.34. The smallest absolute Gasteiger partial charge is 0.174 e. The molecule has 0 saturated carbocycles. The van der Waals surface area contributed by atoms with E-state index in [1.165, 1.54) is 17.7 Å². The number of ketones is 1. The van der Waals surface area contributed by atoms with Crippen molar-refractivity contribution in [1.29, 1.82) is 0 Å². The molecule has 7 heteroatoms. The highest BCUT2D eigenvalue weighted by molar-refractivity contribution is 6.03. The topological polar surface area (TPSA) is 127 Å². The normalized spacial score (nSPS) is 16.1. The van der Waals surface area contributed by atoms with E-state index in [1.807, 2.05) is 26.8 Å². The Labute approximate surface area is 217 Å². The summed E-state index contributed by atoms with van der Waals surface area (Å²) in [6.07, 6.45) is 4.20. The van der Waals surface area contributed by atoms with Crippen LogP contribution in [0.25, 0.3) is 0 Å². The summed E-state index contributed by atoms with van der Waals surface area (Å²) in [6, 6.07) is 4.21. The number of phenolic OH excluding ortho intramolecular Hbond substituents is 4. The Balaban J connectivity index is 1.94. The van der Waals surface area contributed by atoms with Crippen LogP contribution in [0, 0.1) is 0 Å². The average molecular weight is 509 g/mol. The molecule has 2 unspecified atom stereocenters. The Kier molecular flexibility index (Phi) is 8.71. The number of hydrogen-bond acceptors (Lipinski definition) is 7. The summed E-state index contributed by atoms with van der Waals surface area (Å²) >= 11 is 0. The third-order valence-electron chi connectivity index (χ3n) is 6.62. The molecule has 2 atom stereocenters. The number of allylic oxidation sites excluding steroid dienone is 4. The molecular formula is C30H36O7. The summed E-state index contributed by atoms with van der Waals surface area (Å²) in [4.78, 5) is 13.1. The fourth-order valence-corrected chi connectivity index (χ4v) is 4.37. The number of carbonyl (C=O) groups is 1. The van der Waals surface area contributed by atoms with Crippen LogP contribution >= 0.6 is 0 Å². The molecule has 0 saturated heterocycles. The molecule has 2 aromatic carbocycles. The number of benzene rings is 2. The molecule has 0 spiro atoms. The molecule has 1 heterocycles. The molecule has 0 amide bonds. The van der Waals surface area contributed by atoms with E-state index in [0.29, 0.717) is 23.1 Å². The molecule has 2 aromatic rings. The van der Waals surface area contributed by atoms with Gasteiger partial charge in [0, 0.05) is 29.2 Å². The maximum Gasteiger partial charge on any atom is 0.174 e. The molecule has 1 aliphatic rings. The number of carbonyl (C=O) groups excluding carboxylic acids is 1. The van der Waals surface area contributed by atoms with Crippen molar-refractivity contribution in [2.24, 2.45) is 0 Å². The minimum absolute atomic E-state index is 0.0109. The Morgan fingerprint density at radius 3 is 2.41 bits per heavy atom. The maximum absolute atomic E-state index is 13.1. The third kappa shape index (κ3) is 6.35. The number of Topliss-reactive ketones (excluding diaryl/α,β-unsaturated/α-hetero) is 1. The molecule has 3 rings (SSSR count). The van der Waals surface area contributed by atoms with Crippen LogP contribution in [0.4, 0.5) is 0 Å². The van der Waals surface area contributed by atoms with Crippen molar-refractivity contribution in [3.8, 4) is 28.7 Å². The van der Waals surface area contributed by atoms with Crippen LogP contribution in [0.3, 0.4) is 0 Å². The Morgan fingerprint density at radius 1 is 1.05 bits per heavy atom. The summed E-state index contributed by atoms with van der Waals surface area (Å²) in [5.41, 5.74) is 3.78. The highest BCUT2D eigenvalue weighted by Crippen LogP contribution is 2.46. The van der Waals surface area contributed by atoms with Gasteiger partial charge in [0.1, 0.15) is 28.9 Å². The van der Waals surface area contributed by atoms with E-state index in [9.17, 15) is 30.3 Å². The summed E-state index contributed by atoms with van der Waals surface area (Å²) in [5, 5.41) is 52.2. The quantitative estimate of drug-likeness (QED) is 0.210. The van der Waals surface area contributed by atoms with Crippen molar-refractivity contribution in [1.82, 2.24) is 0 Å². The second kappa shape index (κ2) is 11.6. The van der Waals surface area contributed by atoms with Crippen LogP contribution in [0.2, 0.25) is 0 Å². The minimum Gasteiger partial charge on any atom is -0.507 e. The number of aromatic hydroxyl groups is 4. The fourth-order valence-electron chi connectivity index (χ4n) is 4.37. The molecule has 37 heavy (non-hydrogen) atoms. The lowest BCUT2D eigenvalue weighted by molar-refractivity contribution is 0.0842. The van der Waals surface area contributed by atoms with Gasteiger partial charge in [0.05, 0.1) is 12.5 Å². The zero-order valence-corrected chi connectivity index (χ0v) is 21.8. The number of phenols is 4. The second-order valence-electron chi connectivity index (χ2n) is 9.97. The summed E-state index contributed by atoms with van der Waals surface area (Å²) in [7, 11) is 0. The number of aliphatic hydroxyl groups is 1. The molecule has 0 bridgehead atoms. The molecule has 0 radical (unpaired) electrons. The first kappa shape index (κ1) is 27.9. The van der Waals surface area contributed by atoms with Gasteiger partial charge in [-0.2, -0.15) is 0 Å². The molecule has 0 aromatic heterocycles. The predicted molar refractivity (Wildman–Crippen MR) is 143 cm³/mol. The largest absolute Gasteiger partial charge is 0.507 e. The number of fused-ring (bicyclic) bond motifs is 1. The zero-order chi connectivity index (χ0) is 27.4. The first-order valence-corrected chi connectivity index (χ1v) is 12.3. The van der Waals surface area contributed by atoms with Crippen molar-refractivity contribution >= 4 is 5.78 Å². The van der Waals surface area contributed by atoms with Crippen molar-refractivity contribution in [2.45, 2.75) is 72.0 Å². The molecule has 198 valence electrons. The van der Waals surface area contributed by atoms with E-state index in [2.05, 4.69) is 12.7 Å².